The minimum absolute atomic E-state index is 0.113. The Bertz CT molecular complexity index is 718. The predicted molar refractivity (Wildman–Crippen MR) is 99.7 cm³/mol. The SMILES string of the molecule is CCCC1(CCC)C[C@@H](N=[N+]=[N-])CN(S(=O)(=O)c2ccc(C)cc2)C1. The van der Waals surface area contributed by atoms with Crippen molar-refractivity contribution in [1.82, 2.24) is 4.31 Å². The molecule has 0 unspecified atom stereocenters. The van der Waals surface area contributed by atoms with Crippen molar-refractivity contribution in [2.75, 3.05) is 13.1 Å². The lowest BCUT2D eigenvalue weighted by Crippen LogP contribution is -2.51. The molecule has 6 nitrogen and oxygen atoms in total. The first-order chi connectivity index (χ1) is 11.9. The van der Waals surface area contributed by atoms with E-state index in [2.05, 4.69) is 23.9 Å². The molecule has 7 heteroatoms. The van der Waals surface area contributed by atoms with Gasteiger partial charge < -0.3 is 0 Å². The van der Waals surface area contributed by atoms with Crippen molar-refractivity contribution in [3.63, 3.8) is 0 Å². The lowest BCUT2D eigenvalue weighted by atomic mass is 9.72. The molecule has 1 aromatic carbocycles. The van der Waals surface area contributed by atoms with Gasteiger partial charge in [0, 0.05) is 18.0 Å². The van der Waals surface area contributed by atoms with Crippen LogP contribution in [0.25, 0.3) is 10.4 Å². The van der Waals surface area contributed by atoms with Crippen LogP contribution in [-0.4, -0.2) is 31.9 Å². The van der Waals surface area contributed by atoms with Gasteiger partial charge in [0.05, 0.1) is 10.9 Å². The highest BCUT2D eigenvalue weighted by Gasteiger charge is 2.42. The van der Waals surface area contributed by atoms with E-state index in [1.165, 1.54) is 4.31 Å². The Morgan fingerprint density at radius 3 is 2.36 bits per heavy atom. The van der Waals surface area contributed by atoms with Crippen LogP contribution < -0.4 is 0 Å². The number of hydrogen-bond donors (Lipinski definition) is 0. The molecule has 0 saturated carbocycles. The third kappa shape index (κ3) is 4.54. The lowest BCUT2D eigenvalue weighted by Gasteiger charge is -2.45. The fourth-order valence-corrected chi connectivity index (χ4v) is 5.63. The smallest absolute Gasteiger partial charge is 0.207 e. The molecule has 1 saturated heterocycles. The van der Waals surface area contributed by atoms with Crippen LogP contribution in [0.3, 0.4) is 0 Å². The average molecular weight is 365 g/mol. The Hall–Kier alpha value is -1.56. The average Bonchev–Trinajstić information content (AvgIpc) is 2.55. The fraction of sp³-hybridized carbons (Fsp3) is 0.667. The summed E-state index contributed by atoms with van der Waals surface area (Å²) in [4.78, 5) is 3.26. The first-order valence-electron chi connectivity index (χ1n) is 8.98. The zero-order valence-electron chi connectivity index (χ0n) is 15.4. The zero-order valence-corrected chi connectivity index (χ0v) is 16.2. The van der Waals surface area contributed by atoms with Gasteiger partial charge >= 0.3 is 0 Å². The topological polar surface area (TPSA) is 86.1 Å². The molecule has 0 aliphatic carbocycles. The Morgan fingerprint density at radius 1 is 1.24 bits per heavy atom. The molecular formula is C18H28N4O2S. The van der Waals surface area contributed by atoms with Gasteiger partial charge in [-0.1, -0.05) is 49.5 Å². The van der Waals surface area contributed by atoms with Crippen molar-refractivity contribution in [3.05, 3.63) is 40.3 Å². The summed E-state index contributed by atoms with van der Waals surface area (Å²) in [6, 6.07) is 6.63. The molecule has 0 spiro atoms. The van der Waals surface area contributed by atoms with Gasteiger partial charge in [0.1, 0.15) is 0 Å². The third-order valence-electron chi connectivity index (χ3n) is 5.03. The first-order valence-corrected chi connectivity index (χ1v) is 10.4. The molecule has 1 aliphatic rings. The molecule has 0 radical (unpaired) electrons. The number of rotatable bonds is 7. The maximum atomic E-state index is 13.1. The number of azide groups is 1. The van der Waals surface area contributed by atoms with Gasteiger partial charge in [-0.25, -0.2) is 8.42 Å². The van der Waals surface area contributed by atoms with Crippen molar-refractivity contribution in [1.29, 1.82) is 0 Å². The van der Waals surface area contributed by atoms with Crippen LogP contribution in [0.4, 0.5) is 0 Å². The second-order valence-electron chi connectivity index (χ2n) is 7.17. The van der Waals surface area contributed by atoms with E-state index in [1.54, 1.807) is 12.1 Å². The summed E-state index contributed by atoms with van der Waals surface area (Å²) in [7, 11) is -3.59. The van der Waals surface area contributed by atoms with Gasteiger partial charge in [0.25, 0.3) is 0 Å². The Morgan fingerprint density at radius 2 is 1.84 bits per heavy atom. The number of aryl methyl sites for hydroxylation is 1. The van der Waals surface area contributed by atoms with E-state index in [0.29, 0.717) is 11.4 Å². The monoisotopic (exact) mass is 364 g/mol. The number of nitrogens with zero attached hydrogens (tertiary/aromatic N) is 4. The maximum absolute atomic E-state index is 13.1. The number of hydrogen-bond acceptors (Lipinski definition) is 3. The van der Waals surface area contributed by atoms with E-state index in [0.717, 1.165) is 37.7 Å². The summed E-state index contributed by atoms with van der Waals surface area (Å²) in [6.07, 6.45) is 4.62. The van der Waals surface area contributed by atoms with Gasteiger partial charge in [-0.3, -0.25) is 0 Å². The normalized spacial score (nSPS) is 20.8. The van der Waals surface area contributed by atoms with Crippen molar-refractivity contribution in [3.8, 4) is 0 Å². The molecule has 1 heterocycles. The second-order valence-corrected chi connectivity index (χ2v) is 9.11. The van der Waals surface area contributed by atoms with Crippen LogP contribution in [0.15, 0.2) is 34.3 Å². The molecule has 25 heavy (non-hydrogen) atoms. The summed E-state index contributed by atoms with van der Waals surface area (Å²) < 4.78 is 27.8. The van der Waals surface area contributed by atoms with Crippen molar-refractivity contribution < 1.29 is 8.42 Å². The van der Waals surface area contributed by atoms with E-state index >= 15 is 0 Å². The largest absolute Gasteiger partial charge is 0.243 e. The molecule has 2 rings (SSSR count). The van der Waals surface area contributed by atoms with Crippen molar-refractivity contribution in [2.24, 2.45) is 10.5 Å². The summed E-state index contributed by atoms with van der Waals surface area (Å²) in [6.45, 7) is 6.93. The lowest BCUT2D eigenvalue weighted by molar-refractivity contribution is 0.105. The third-order valence-corrected chi connectivity index (χ3v) is 6.86. The zero-order chi connectivity index (χ0) is 18.5. The van der Waals surface area contributed by atoms with E-state index < -0.39 is 10.0 Å². The van der Waals surface area contributed by atoms with E-state index in [4.69, 9.17) is 5.53 Å². The van der Waals surface area contributed by atoms with Gasteiger partial charge in [0.15, 0.2) is 0 Å². The molecule has 1 atom stereocenters. The standard InChI is InChI=1S/C18H28N4O2S/c1-4-10-18(11-5-2)12-16(20-21-19)13-22(14-18)25(23,24)17-8-6-15(3)7-9-17/h6-9,16H,4-5,10-14H2,1-3H3/t16-/m1/s1. The highest BCUT2D eigenvalue weighted by Crippen LogP contribution is 2.41. The Balaban J connectivity index is 2.40. The Kier molecular flexibility index (Phi) is 6.49. The summed E-state index contributed by atoms with van der Waals surface area (Å²) in [5, 5.41) is 3.89. The van der Waals surface area contributed by atoms with Crippen LogP contribution >= 0.6 is 0 Å². The summed E-state index contributed by atoms with van der Waals surface area (Å²) >= 11 is 0. The molecule has 1 fully saturated rings. The second kappa shape index (κ2) is 8.21. The minimum Gasteiger partial charge on any atom is -0.207 e. The van der Waals surface area contributed by atoms with Gasteiger partial charge in [-0.2, -0.15) is 4.31 Å². The molecule has 0 bridgehead atoms. The number of piperidine rings is 1. The van der Waals surface area contributed by atoms with Gasteiger partial charge in [0.2, 0.25) is 10.0 Å². The fourth-order valence-electron chi connectivity index (χ4n) is 4.04. The van der Waals surface area contributed by atoms with Gasteiger partial charge in [-0.05, 0) is 49.3 Å². The molecule has 0 aromatic heterocycles. The molecule has 0 N–H and O–H groups in total. The number of sulfonamides is 1. The predicted octanol–water partition coefficient (Wildman–Crippen LogP) is 4.65. The van der Waals surface area contributed by atoms with E-state index in [1.807, 2.05) is 19.1 Å². The first kappa shape index (κ1) is 19.8. The molecule has 138 valence electrons. The van der Waals surface area contributed by atoms with E-state index in [-0.39, 0.29) is 18.0 Å². The Labute approximate surface area is 150 Å². The quantitative estimate of drug-likeness (QED) is 0.400. The van der Waals surface area contributed by atoms with Crippen LogP contribution in [0, 0.1) is 12.3 Å². The molecule has 1 aliphatic heterocycles. The van der Waals surface area contributed by atoms with Crippen LogP contribution in [0.5, 0.6) is 0 Å². The molecular weight excluding hydrogens is 336 g/mol. The number of benzene rings is 1. The van der Waals surface area contributed by atoms with Gasteiger partial charge in [-0.15, -0.1) is 0 Å². The van der Waals surface area contributed by atoms with Crippen molar-refractivity contribution in [2.45, 2.75) is 63.8 Å². The van der Waals surface area contributed by atoms with Crippen LogP contribution in [0.1, 0.15) is 51.5 Å². The summed E-state index contributed by atoms with van der Waals surface area (Å²) in [5.74, 6) is 0. The highest BCUT2D eigenvalue weighted by molar-refractivity contribution is 7.89. The minimum atomic E-state index is -3.59. The highest BCUT2D eigenvalue weighted by atomic mass is 32.2. The van der Waals surface area contributed by atoms with Crippen LogP contribution in [0.2, 0.25) is 0 Å². The maximum Gasteiger partial charge on any atom is 0.243 e. The summed E-state index contributed by atoms with van der Waals surface area (Å²) in [5.41, 5.74) is 9.79. The molecule has 1 aromatic rings. The molecule has 0 amide bonds. The van der Waals surface area contributed by atoms with Crippen molar-refractivity contribution >= 4 is 10.0 Å². The van der Waals surface area contributed by atoms with E-state index in [9.17, 15) is 8.42 Å². The van der Waals surface area contributed by atoms with Crippen LogP contribution in [-0.2, 0) is 10.0 Å².